The first kappa shape index (κ1) is 25.9. The van der Waals surface area contributed by atoms with E-state index < -0.39 is 34.8 Å². The Balaban J connectivity index is 1.28. The number of carbonyl (C=O) groups excluding carboxylic acids is 3. The molecule has 1 saturated heterocycles. The molecule has 9 heteroatoms. The van der Waals surface area contributed by atoms with E-state index in [2.05, 4.69) is 5.32 Å². The Kier molecular flexibility index (Phi) is 8.00. The van der Waals surface area contributed by atoms with E-state index in [1.807, 2.05) is 91.0 Å². The van der Waals surface area contributed by atoms with Crippen molar-refractivity contribution in [1.29, 1.82) is 0 Å². The molecule has 3 aromatic carbocycles. The van der Waals surface area contributed by atoms with E-state index in [0.717, 1.165) is 16.7 Å². The Bertz CT molecular complexity index is 1280. The maximum atomic E-state index is 13.5. The molecule has 3 aromatic rings. The third-order valence-electron chi connectivity index (χ3n) is 6.29. The number of nitrogens with zero attached hydrogens (tertiary/aromatic N) is 1. The van der Waals surface area contributed by atoms with Crippen molar-refractivity contribution in [2.75, 3.05) is 5.88 Å². The first-order valence-electron chi connectivity index (χ1n) is 12.1. The Labute approximate surface area is 229 Å². The van der Waals surface area contributed by atoms with Crippen LogP contribution in [0, 0.1) is 0 Å². The van der Waals surface area contributed by atoms with E-state index in [4.69, 9.17) is 21.1 Å². The first-order chi connectivity index (χ1) is 18.5. The highest BCUT2D eigenvalue weighted by molar-refractivity contribution is 8.01. The van der Waals surface area contributed by atoms with Gasteiger partial charge in [0.05, 0.1) is 0 Å². The van der Waals surface area contributed by atoms with Gasteiger partial charge in [-0.1, -0.05) is 91.0 Å². The molecular weight excluding hydrogens is 524 g/mol. The maximum Gasteiger partial charge on any atom is 0.408 e. The van der Waals surface area contributed by atoms with Crippen LogP contribution in [-0.2, 0) is 25.7 Å². The molecule has 0 radical (unpaired) electrons. The minimum atomic E-state index is -0.828. The van der Waals surface area contributed by atoms with Gasteiger partial charge in [0.15, 0.2) is 6.10 Å². The van der Waals surface area contributed by atoms with E-state index in [-0.39, 0.29) is 18.4 Å². The monoisotopic (exact) mass is 548 g/mol. The Morgan fingerprint density at radius 3 is 2.08 bits per heavy atom. The number of esters is 1. The van der Waals surface area contributed by atoms with Crippen LogP contribution in [0.5, 0.6) is 0 Å². The molecule has 0 saturated carbocycles. The minimum Gasteiger partial charge on any atom is -0.451 e. The van der Waals surface area contributed by atoms with E-state index >= 15 is 0 Å². The zero-order valence-corrected chi connectivity index (χ0v) is 21.8. The summed E-state index contributed by atoms with van der Waals surface area (Å²) < 4.78 is 11.3. The van der Waals surface area contributed by atoms with Crippen molar-refractivity contribution in [1.82, 2.24) is 10.2 Å². The second kappa shape index (κ2) is 11.8. The van der Waals surface area contributed by atoms with Crippen LogP contribution < -0.4 is 5.32 Å². The number of fused-ring (bicyclic) bond motifs is 1. The van der Waals surface area contributed by atoms with Gasteiger partial charge in [-0.25, -0.2) is 4.79 Å². The summed E-state index contributed by atoms with van der Waals surface area (Å²) in [5.74, 6) is -0.703. The van der Waals surface area contributed by atoms with Gasteiger partial charge in [0.2, 0.25) is 0 Å². The highest BCUT2D eigenvalue weighted by Gasteiger charge is 2.53. The van der Waals surface area contributed by atoms with E-state index in [9.17, 15) is 14.4 Å². The topological polar surface area (TPSA) is 84.9 Å². The van der Waals surface area contributed by atoms with Gasteiger partial charge >= 0.3 is 12.1 Å². The number of rotatable bonds is 8. The molecule has 2 aliphatic heterocycles. The van der Waals surface area contributed by atoms with Crippen molar-refractivity contribution in [3.8, 4) is 0 Å². The van der Waals surface area contributed by atoms with Crippen molar-refractivity contribution in [2.45, 2.75) is 29.4 Å². The molecule has 2 heterocycles. The van der Waals surface area contributed by atoms with Crippen molar-refractivity contribution >= 4 is 41.3 Å². The molecule has 1 N–H and O–H groups in total. The lowest BCUT2D eigenvalue weighted by Crippen LogP contribution is -2.69. The fourth-order valence-electron chi connectivity index (χ4n) is 4.34. The smallest absolute Gasteiger partial charge is 0.408 e. The number of alkyl carbamates (subject to hydrolysis) is 1. The maximum absolute atomic E-state index is 13.5. The lowest BCUT2D eigenvalue weighted by atomic mass is 10.0. The Morgan fingerprint density at radius 2 is 1.50 bits per heavy atom. The second-order valence-corrected chi connectivity index (χ2v) is 10.3. The predicted octanol–water partition coefficient (Wildman–Crippen LogP) is 5.02. The molecule has 2 unspecified atom stereocenters. The SMILES string of the molecule is O=C(NC1C(=O)N2C=C(CCl)C(C(=O)OC(c3ccccc3)c3ccccc3)S[C@H]12)OCc1ccccc1. The summed E-state index contributed by atoms with van der Waals surface area (Å²) in [6.07, 6.45) is 0.285. The molecule has 0 bridgehead atoms. The number of carbonyl (C=O) groups is 3. The molecule has 2 amide bonds. The Morgan fingerprint density at radius 1 is 0.921 bits per heavy atom. The zero-order chi connectivity index (χ0) is 26.5. The van der Waals surface area contributed by atoms with Crippen molar-refractivity contribution in [3.05, 3.63) is 119 Å². The number of benzene rings is 3. The molecule has 3 atom stereocenters. The fourth-order valence-corrected chi connectivity index (χ4v) is 6.06. The van der Waals surface area contributed by atoms with Crippen molar-refractivity contribution < 1.29 is 23.9 Å². The Hall–Kier alpha value is -3.75. The number of alkyl halides is 1. The summed E-state index contributed by atoms with van der Waals surface area (Å²) in [7, 11) is 0. The number of β-lactam (4-membered cyclic amide) rings is 1. The standard InChI is InChI=1S/C29H25ClN2O5S/c30-16-22-17-32-26(33)23(31-29(35)36-18-19-10-4-1-5-11-19)27(32)38-25(22)28(34)37-24(20-12-6-2-7-13-20)21-14-8-3-9-15-21/h1-15,17,23-25,27H,16,18H2,(H,31,35)/t23?,25?,27-/m1/s1. The predicted molar refractivity (Wildman–Crippen MR) is 145 cm³/mol. The molecule has 38 heavy (non-hydrogen) atoms. The highest BCUT2D eigenvalue weighted by Crippen LogP contribution is 2.42. The van der Waals surface area contributed by atoms with Crippen LogP contribution in [0.4, 0.5) is 4.79 Å². The fraction of sp³-hybridized carbons (Fsp3) is 0.207. The summed E-state index contributed by atoms with van der Waals surface area (Å²) in [5.41, 5.74) is 3.08. The van der Waals surface area contributed by atoms with E-state index in [0.29, 0.717) is 5.57 Å². The molecule has 0 aliphatic carbocycles. The van der Waals surface area contributed by atoms with Crippen LogP contribution >= 0.6 is 23.4 Å². The average molecular weight is 549 g/mol. The molecule has 2 aliphatic rings. The number of halogens is 1. The summed E-state index contributed by atoms with van der Waals surface area (Å²) in [4.78, 5) is 40.1. The van der Waals surface area contributed by atoms with Gasteiger partial charge in [-0.05, 0) is 22.3 Å². The number of hydrogen-bond donors (Lipinski definition) is 1. The number of nitrogens with one attached hydrogen (secondary N) is 1. The third kappa shape index (κ3) is 5.56. The van der Waals surface area contributed by atoms with Gasteiger partial charge < -0.3 is 19.7 Å². The van der Waals surface area contributed by atoms with Crippen LogP contribution in [0.1, 0.15) is 22.8 Å². The van der Waals surface area contributed by atoms with Gasteiger partial charge in [-0.3, -0.25) is 9.59 Å². The third-order valence-corrected chi connectivity index (χ3v) is 8.14. The van der Waals surface area contributed by atoms with E-state index in [1.165, 1.54) is 16.7 Å². The van der Waals surface area contributed by atoms with Crippen LogP contribution in [0.2, 0.25) is 0 Å². The number of amides is 2. The van der Waals surface area contributed by atoms with Crippen LogP contribution in [0.25, 0.3) is 0 Å². The van der Waals surface area contributed by atoms with Gasteiger partial charge in [0.1, 0.15) is 23.3 Å². The van der Waals surface area contributed by atoms with Gasteiger partial charge in [-0.2, -0.15) is 0 Å². The number of hydrogen-bond acceptors (Lipinski definition) is 6. The second-order valence-electron chi connectivity index (χ2n) is 8.81. The quantitative estimate of drug-likeness (QED) is 0.242. The minimum absolute atomic E-state index is 0.0574. The average Bonchev–Trinajstić information content (AvgIpc) is 2.98. The zero-order valence-electron chi connectivity index (χ0n) is 20.2. The number of thioether (sulfide) groups is 1. The molecular formula is C29H25ClN2O5S. The van der Waals surface area contributed by atoms with Crippen LogP contribution in [-0.4, -0.2) is 45.4 Å². The molecule has 0 aromatic heterocycles. The largest absolute Gasteiger partial charge is 0.451 e. The molecule has 194 valence electrons. The van der Waals surface area contributed by atoms with Gasteiger partial charge in [-0.15, -0.1) is 23.4 Å². The van der Waals surface area contributed by atoms with Crippen molar-refractivity contribution in [3.63, 3.8) is 0 Å². The summed E-state index contributed by atoms with van der Waals surface area (Å²) in [5, 5.41) is 1.41. The molecule has 5 rings (SSSR count). The lowest BCUT2D eigenvalue weighted by Gasteiger charge is -2.48. The van der Waals surface area contributed by atoms with Crippen LogP contribution in [0.15, 0.2) is 103 Å². The molecule has 0 spiro atoms. The summed E-state index contributed by atoms with van der Waals surface area (Å²) >= 11 is 7.41. The first-order valence-corrected chi connectivity index (χ1v) is 13.5. The van der Waals surface area contributed by atoms with E-state index in [1.54, 1.807) is 6.20 Å². The van der Waals surface area contributed by atoms with Crippen LogP contribution in [0.3, 0.4) is 0 Å². The van der Waals surface area contributed by atoms with Crippen molar-refractivity contribution in [2.24, 2.45) is 0 Å². The summed E-state index contributed by atoms with van der Waals surface area (Å²) in [6.45, 7) is 0.0840. The summed E-state index contributed by atoms with van der Waals surface area (Å²) in [6, 6.07) is 27.4. The molecule has 1 fully saturated rings. The lowest BCUT2D eigenvalue weighted by molar-refractivity contribution is -0.147. The van der Waals surface area contributed by atoms with Gasteiger partial charge in [0.25, 0.3) is 5.91 Å². The molecule has 7 nitrogen and oxygen atoms in total. The highest BCUT2D eigenvalue weighted by atomic mass is 35.5. The normalized spacial score (nSPS) is 20.2. The number of ether oxygens (including phenoxy) is 2. The van der Waals surface area contributed by atoms with Gasteiger partial charge in [0, 0.05) is 12.1 Å².